The maximum absolute atomic E-state index is 4.33. The highest BCUT2D eigenvalue weighted by Crippen LogP contribution is 2.34. The van der Waals surface area contributed by atoms with Crippen LogP contribution in [-0.4, -0.2) is 18.1 Å². The van der Waals surface area contributed by atoms with Crippen LogP contribution in [0.15, 0.2) is 54.9 Å². The number of nitrogens with zero attached hydrogens (tertiary/aromatic N) is 2. The second-order valence-corrected chi connectivity index (χ2v) is 5.01. The van der Waals surface area contributed by atoms with Crippen LogP contribution in [0.3, 0.4) is 0 Å². The topological polar surface area (TPSA) is 16.1 Å². The van der Waals surface area contributed by atoms with Gasteiger partial charge in [0.2, 0.25) is 0 Å². The molecule has 0 N–H and O–H groups in total. The third-order valence-electron chi connectivity index (χ3n) is 3.89. The standard InChI is InChI=1S/C19H19N2/c1-3-21(4-2)19-12-13-20-14-18(19)17-11-7-9-15-8-5-6-10-16(15)17/h5-10,12-14H,3-4H2,1-2H3. The first-order chi connectivity index (χ1) is 10.3. The Morgan fingerprint density at radius 3 is 2.67 bits per heavy atom. The molecule has 21 heavy (non-hydrogen) atoms. The third-order valence-corrected chi connectivity index (χ3v) is 3.89. The van der Waals surface area contributed by atoms with Crippen LogP contribution in [-0.2, 0) is 0 Å². The van der Waals surface area contributed by atoms with E-state index < -0.39 is 0 Å². The lowest BCUT2D eigenvalue weighted by Crippen LogP contribution is -2.22. The molecule has 1 aromatic heterocycles. The average Bonchev–Trinajstić information content (AvgIpc) is 2.56. The Bertz CT molecular complexity index is 740. The van der Waals surface area contributed by atoms with Gasteiger partial charge in [0.05, 0.1) is 0 Å². The van der Waals surface area contributed by atoms with Gasteiger partial charge in [0.1, 0.15) is 0 Å². The summed E-state index contributed by atoms with van der Waals surface area (Å²) in [5.41, 5.74) is 3.50. The Morgan fingerprint density at radius 1 is 1.05 bits per heavy atom. The summed E-state index contributed by atoms with van der Waals surface area (Å²) in [5, 5.41) is 2.46. The van der Waals surface area contributed by atoms with Crippen molar-refractivity contribution in [2.75, 3.05) is 18.0 Å². The third kappa shape index (κ3) is 2.49. The zero-order valence-electron chi connectivity index (χ0n) is 12.5. The zero-order valence-corrected chi connectivity index (χ0v) is 12.5. The van der Waals surface area contributed by atoms with Crippen molar-refractivity contribution in [3.8, 4) is 11.1 Å². The SMILES string of the molecule is CCN(CC)c1ccncc1-c1[c]ccc2ccccc12. The van der Waals surface area contributed by atoms with Gasteiger partial charge in [-0.2, -0.15) is 0 Å². The number of fused-ring (bicyclic) bond motifs is 1. The van der Waals surface area contributed by atoms with Crippen molar-refractivity contribution in [2.45, 2.75) is 13.8 Å². The molecule has 1 heterocycles. The Hall–Kier alpha value is -2.35. The van der Waals surface area contributed by atoms with Gasteiger partial charge >= 0.3 is 0 Å². The first-order valence-electron chi connectivity index (χ1n) is 7.44. The highest BCUT2D eigenvalue weighted by molar-refractivity contribution is 5.99. The van der Waals surface area contributed by atoms with Crippen LogP contribution < -0.4 is 4.90 Å². The molecular weight excluding hydrogens is 256 g/mol. The van der Waals surface area contributed by atoms with Crippen molar-refractivity contribution in [1.82, 2.24) is 4.98 Å². The predicted octanol–water partition coefficient (Wildman–Crippen LogP) is 4.55. The molecule has 2 nitrogen and oxygen atoms in total. The summed E-state index contributed by atoms with van der Waals surface area (Å²) in [4.78, 5) is 6.69. The molecule has 0 aliphatic carbocycles. The first-order valence-corrected chi connectivity index (χ1v) is 7.44. The summed E-state index contributed by atoms with van der Waals surface area (Å²) in [5.74, 6) is 0. The van der Waals surface area contributed by atoms with Crippen molar-refractivity contribution in [1.29, 1.82) is 0 Å². The summed E-state index contributed by atoms with van der Waals surface area (Å²) in [6, 6.07) is 18.0. The van der Waals surface area contributed by atoms with Crippen molar-refractivity contribution in [2.24, 2.45) is 0 Å². The molecule has 0 unspecified atom stereocenters. The van der Waals surface area contributed by atoms with Crippen molar-refractivity contribution in [3.63, 3.8) is 0 Å². The molecule has 3 aromatic rings. The van der Waals surface area contributed by atoms with Crippen LogP contribution >= 0.6 is 0 Å². The molecule has 2 aromatic carbocycles. The maximum Gasteiger partial charge on any atom is 0.0477 e. The molecule has 0 fully saturated rings. The van der Waals surface area contributed by atoms with Gasteiger partial charge in [0.25, 0.3) is 0 Å². The van der Waals surface area contributed by atoms with Gasteiger partial charge < -0.3 is 4.90 Å². The van der Waals surface area contributed by atoms with E-state index in [-0.39, 0.29) is 0 Å². The second kappa shape index (κ2) is 5.96. The minimum Gasteiger partial charge on any atom is -0.371 e. The van der Waals surface area contributed by atoms with Crippen LogP contribution in [0, 0.1) is 6.07 Å². The fourth-order valence-corrected chi connectivity index (χ4v) is 2.81. The number of pyridine rings is 1. The van der Waals surface area contributed by atoms with Crippen LogP contribution in [0.5, 0.6) is 0 Å². The van der Waals surface area contributed by atoms with Crippen molar-refractivity contribution in [3.05, 3.63) is 60.9 Å². The molecule has 0 amide bonds. The highest BCUT2D eigenvalue weighted by atomic mass is 15.1. The van der Waals surface area contributed by atoms with E-state index >= 15 is 0 Å². The van der Waals surface area contributed by atoms with Gasteiger partial charge in [0, 0.05) is 42.3 Å². The fourth-order valence-electron chi connectivity index (χ4n) is 2.81. The summed E-state index contributed by atoms with van der Waals surface area (Å²) in [6.07, 6.45) is 3.81. The van der Waals surface area contributed by atoms with Crippen LogP contribution in [0.4, 0.5) is 5.69 Å². The minimum absolute atomic E-state index is 0.984. The highest BCUT2D eigenvalue weighted by Gasteiger charge is 2.12. The average molecular weight is 275 g/mol. The van der Waals surface area contributed by atoms with E-state index in [4.69, 9.17) is 0 Å². The Labute approximate surface area is 126 Å². The molecule has 0 saturated carbocycles. The summed E-state index contributed by atoms with van der Waals surface area (Å²) in [6.45, 7) is 6.33. The number of benzene rings is 2. The Morgan fingerprint density at radius 2 is 1.86 bits per heavy atom. The largest absolute Gasteiger partial charge is 0.371 e. The van der Waals surface area contributed by atoms with Crippen LogP contribution in [0.25, 0.3) is 21.9 Å². The molecule has 105 valence electrons. The number of hydrogen-bond acceptors (Lipinski definition) is 2. The van der Waals surface area contributed by atoms with E-state index in [0.29, 0.717) is 0 Å². The maximum atomic E-state index is 4.33. The number of rotatable bonds is 4. The van der Waals surface area contributed by atoms with Crippen molar-refractivity contribution < 1.29 is 0 Å². The summed E-state index contributed by atoms with van der Waals surface area (Å²) in [7, 11) is 0. The molecule has 0 spiro atoms. The van der Waals surface area contributed by atoms with E-state index in [9.17, 15) is 0 Å². The monoisotopic (exact) mass is 275 g/mol. The van der Waals surface area contributed by atoms with Crippen LogP contribution in [0.1, 0.15) is 13.8 Å². The number of anilines is 1. The molecular formula is C19H19N2. The van der Waals surface area contributed by atoms with E-state index in [1.54, 1.807) is 0 Å². The van der Waals surface area contributed by atoms with Gasteiger partial charge in [-0.25, -0.2) is 0 Å². The Kier molecular flexibility index (Phi) is 3.87. The normalized spacial score (nSPS) is 10.8. The number of aromatic nitrogens is 1. The molecule has 0 bridgehead atoms. The quantitative estimate of drug-likeness (QED) is 0.694. The zero-order chi connectivity index (χ0) is 14.7. The van der Waals surface area contributed by atoms with E-state index in [2.05, 4.69) is 66.2 Å². The second-order valence-electron chi connectivity index (χ2n) is 5.01. The van der Waals surface area contributed by atoms with Crippen LogP contribution in [0.2, 0.25) is 0 Å². The predicted molar refractivity (Wildman–Crippen MR) is 89.6 cm³/mol. The molecule has 2 heteroatoms. The van der Waals surface area contributed by atoms with Gasteiger partial charge in [-0.15, -0.1) is 0 Å². The van der Waals surface area contributed by atoms with Gasteiger partial charge in [-0.1, -0.05) is 36.4 Å². The van der Waals surface area contributed by atoms with Gasteiger partial charge in [-0.05, 0) is 36.8 Å². The molecule has 1 radical (unpaired) electrons. The first kappa shape index (κ1) is 13.6. The van der Waals surface area contributed by atoms with Gasteiger partial charge in [-0.3, -0.25) is 4.98 Å². The van der Waals surface area contributed by atoms with Gasteiger partial charge in [0.15, 0.2) is 0 Å². The summed E-state index contributed by atoms with van der Waals surface area (Å²) >= 11 is 0. The smallest absolute Gasteiger partial charge is 0.0477 e. The summed E-state index contributed by atoms with van der Waals surface area (Å²) < 4.78 is 0. The Balaban J connectivity index is 2.24. The molecule has 0 aliphatic rings. The lowest BCUT2D eigenvalue weighted by Gasteiger charge is -2.24. The molecule has 0 aliphatic heterocycles. The van der Waals surface area contributed by atoms with E-state index in [0.717, 1.165) is 24.2 Å². The fraction of sp³-hybridized carbons (Fsp3) is 0.211. The molecule has 0 atom stereocenters. The molecule has 0 saturated heterocycles. The number of hydrogen-bond donors (Lipinski definition) is 0. The van der Waals surface area contributed by atoms with Crippen molar-refractivity contribution >= 4 is 16.5 Å². The lowest BCUT2D eigenvalue weighted by molar-refractivity contribution is 0.866. The lowest BCUT2D eigenvalue weighted by atomic mass is 9.98. The molecule has 3 rings (SSSR count). The minimum atomic E-state index is 0.984. The van der Waals surface area contributed by atoms with E-state index in [1.807, 2.05) is 18.5 Å². The van der Waals surface area contributed by atoms with E-state index in [1.165, 1.54) is 16.5 Å².